The molecule has 4 rings (SSSR count). The van der Waals surface area contributed by atoms with E-state index in [2.05, 4.69) is 31.2 Å². The maximum absolute atomic E-state index is 12.6. The Kier molecular flexibility index (Phi) is 5.81. The van der Waals surface area contributed by atoms with Gasteiger partial charge >= 0.3 is 0 Å². The van der Waals surface area contributed by atoms with Gasteiger partial charge in [-0.05, 0) is 61.1 Å². The zero-order valence-corrected chi connectivity index (χ0v) is 17.9. The molecule has 3 heterocycles. The van der Waals surface area contributed by atoms with E-state index < -0.39 is 0 Å². The van der Waals surface area contributed by atoms with Crippen molar-refractivity contribution < 1.29 is 4.79 Å². The van der Waals surface area contributed by atoms with Crippen molar-refractivity contribution >= 4 is 28.9 Å². The van der Waals surface area contributed by atoms with Gasteiger partial charge in [0.15, 0.2) is 5.11 Å². The fraction of sp³-hybridized carbons (Fsp3) is 0.261. The lowest BCUT2D eigenvalue weighted by Gasteiger charge is -2.28. The summed E-state index contributed by atoms with van der Waals surface area (Å²) >= 11 is 5.66. The van der Waals surface area contributed by atoms with Crippen molar-refractivity contribution in [2.24, 2.45) is 7.05 Å². The minimum Gasteiger partial charge on any atom is -0.353 e. The Hall–Kier alpha value is -3.19. The van der Waals surface area contributed by atoms with Crippen molar-refractivity contribution in [3.05, 3.63) is 83.9 Å². The molecule has 0 spiro atoms. The third-order valence-corrected chi connectivity index (χ3v) is 5.72. The number of nitrogens with one attached hydrogen (secondary N) is 2. The van der Waals surface area contributed by atoms with Crippen LogP contribution in [0.25, 0.3) is 0 Å². The number of carbonyl (C=O) groups is 1. The quantitative estimate of drug-likeness (QED) is 0.596. The lowest BCUT2D eigenvalue weighted by molar-refractivity contribution is -0.116. The number of rotatable bonds is 6. The highest BCUT2D eigenvalue weighted by molar-refractivity contribution is 7.80. The number of hydrogen-bond acceptors (Lipinski definition) is 3. The summed E-state index contributed by atoms with van der Waals surface area (Å²) < 4.78 is 2.09. The largest absolute Gasteiger partial charge is 0.353 e. The molecule has 1 aliphatic heterocycles. The molecule has 154 valence electrons. The summed E-state index contributed by atoms with van der Waals surface area (Å²) in [7, 11) is 2.02. The van der Waals surface area contributed by atoms with Crippen molar-refractivity contribution in [2.75, 3.05) is 11.9 Å². The van der Waals surface area contributed by atoms with E-state index in [1.807, 2.05) is 68.7 Å². The monoisotopic (exact) mass is 419 g/mol. The van der Waals surface area contributed by atoms with Crippen molar-refractivity contribution in [1.29, 1.82) is 0 Å². The highest BCUT2D eigenvalue weighted by Gasteiger charge is 2.40. The SMILES string of the molecule is Cc1cccc(NC(=O)CCN2C(=S)N[C@H](c3ccccn3)[C@H]2c2cccn2C)c1. The molecule has 1 amide bonds. The number of aryl methyl sites for hydroxylation is 2. The topological polar surface area (TPSA) is 62.2 Å². The normalized spacial score (nSPS) is 18.3. The van der Waals surface area contributed by atoms with Gasteiger partial charge in [0.25, 0.3) is 0 Å². The third kappa shape index (κ3) is 4.21. The van der Waals surface area contributed by atoms with E-state index in [9.17, 15) is 4.79 Å². The molecule has 0 saturated carbocycles. The molecule has 0 bridgehead atoms. The van der Waals surface area contributed by atoms with Gasteiger partial charge in [-0.2, -0.15) is 0 Å². The van der Waals surface area contributed by atoms with Crippen LogP contribution in [0.5, 0.6) is 0 Å². The first kappa shape index (κ1) is 20.1. The highest BCUT2D eigenvalue weighted by Crippen LogP contribution is 2.38. The summed E-state index contributed by atoms with van der Waals surface area (Å²) in [6.07, 6.45) is 4.15. The van der Waals surface area contributed by atoms with Crippen LogP contribution in [-0.2, 0) is 11.8 Å². The Morgan fingerprint density at radius 3 is 2.77 bits per heavy atom. The van der Waals surface area contributed by atoms with E-state index >= 15 is 0 Å². The van der Waals surface area contributed by atoms with Crippen LogP contribution < -0.4 is 10.6 Å². The molecule has 1 aromatic carbocycles. The van der Waals surface area contributed by atoms with Crippen LogP contribution in [0.2, 0.25) is 0 Å². The molecule has 2 aromatic heterocycles. The smallest absolute Gasteiger partial charge is 0.226 e. The van der Waals surface area contributed by atoms with Gasteiger partial charge in [0.2, 0.25) is 5.91 Å². The van der Waals surface area contributed by atoms with Gasteiger partial charge in [-0.25, -0.2) is 0 Å². The molecule has 0 unspecified atom stereocenters. The van der Waals surface area contributed by atoms with Crippen molar-refractivity contribution in [2.45, 2.75) is 25.4 Å². The summed E-state index contributed by atoms with van der Waals surface area (Å²) in [4.78, 5) is 19.2. The molecule has 1 fully saturated rings. The van der Waals surface area contributed by atoms with Crippen LogP contribution in [0.4, 0.5) is 5.69 Å². The van der Waals surface area contributed by atoms with Gasteiger partial charge in [-0.1, -0.05) is 18.2 Å². The second kappa shape index (κ2) is 8.67. The maximum Gasteiger partial charge on any atom is 0.226 e. The van der Waals surface area contributed by atoms with E-state index in [0.29, 0.717) is 18.1 Å². The fourth-order valence-electron chi connectivity index (χ4n) is 3.92. The summed E-state index contributed by atoms with van der Waals surface area (Å²) in [5.74, 6) is -0.0321. The van der Waals surface area contributed by atoms with Gasteiger partial charge in [0.1, 0.15) is 0 Å². The number of hydrogen-bond donors (Lipinski definition) is 2. The van der Waals surface area contributed by atoms with Crippen LogP contribution in [0.3, 0.4) is 0 Å². The van der Waals surface area contributed by atoms with Gasteiger partial charge in [0.05, 0.1) is 17.8 Å². The van der Waals surface area contributed by atoms with Crippen LogP contribution in [0, 0.1) is 6.92 Å². The number of aromatic nitrogens is 2. The number of benzene rings is 1. The first-order valence-corrected chi connectivity index (χ1v) is 10.4. The molecule has 2 atom stereocenters. The second-order valence-electron chi connectivity index (χ2n) is 7.53. The molecular weight excluding hydrogens is 394 g/mol. The van der Waals surface area contributed by atoms with E-state index in [0.717, 1.165) is 22.6 Å². The van der Waals surface area contributed by atoms with Crippen LogP contribution in [0.1, 0.15) is 35.5 Å². The molecule has 30 heavy (non-hydrogen) atoms. The first-order chi connectivity index (χ1) is 14.5. The Morgan fingerprint density at radius 2 is 2.07 bits per heavy atom. The molecule has 0 radical (unpaired) electrons. The fourth-order valence-corrected chi connectivity index (χ4v) is 4.25. The zero-order valence-electron chi connectivity index (χ0n) is 17.1. The molecule has 0 aliphatic carbocycles. The minimum atomic E-state index is -0.0767. The maximum atomic E-state index is 12.6. The average Bonchev–Trinajstić information content (AvgIpc) is 3.29. The molecule has 7 heteroatoms. The number of amides is 1. The van der Waals surface area contributed by atoms with E-state index in [4.69, 9.17) is 12.2 Å². The van der Waals surface area contributed by atoms with Crippen LogP contribution in [-0.4, -0.2) is 32.0 Å². The Morgan fingerprint density at radius 1 is 1.20 bits per heavy atom. The molecule has 1 saturated heterocycles. The zero-order chi connectivity index (χ0) is 21.1. The number of nitrogens with zero attached hydrogens (tertiary/aromatic N) is 3. The Balaban J connectivity index is 1.52. The predicted octanol–water partition coefficient (Wildman–Crippen LogP) is 3.73. The average molecular weight is 420 g/mol. The number of thiocarbonyl (C=S) groups is 1. The van der Waals surface area contributed by atoms with Crippen molar-refractivity contribution in [3.63, 3.8) is 0 Å². The summed E-state index contributed by atoms with van der Waals surface area (Å²) in [6, 6.07) is 17.7. The minimum absolute atomic E-state index is 0.0321. The van der Waals surface area contributed by atoms with Crippen LogP contribution >= 0.6 is 12.2 Å². The van der Waals surface area contributed by atoms with Crippen molar-refractivity contribution in [1.82, 2.24) is 19.8 Å². The lowest BCUT2D eigenvalue weighted by Crippen LogP contribution is -2.33. The van der Waals surface area contributed by atoms with E-state index in [1.54, 1.807) is 6.20 Å². The Labute approximate surface area is 181 Å². The van der Waals surface area contributed by atoms with Gasteiger partial charge in [0, 0.05) is 43.8 Å². The van der Waals surface area contributed by atoms with E-state index in [1.165, 1.54) is 0 Å². The van der Waals surface area contributed by atoms with Gasteiger partial charge < -0.3 is 20.1 Å². The third-order valence-electron chi connectivity index (χ3n) is 5.37. The number of anilines is 1. The van der Waals surface area contributed by atoms with Crippen LogP contribution in [0.15, 0.2) is 67.0 Å². The second-order valence-corrected chi connectivity index (χ2v) is 7.92. The molecule has 1 aliphatic rings. The highest BCUT2D eigenvalue weighted by atomic mass is 32.1. The molecule has 6 nitrogen and oxygen atoms in total. The summed E-state index contributed by atoms with van der Waals surface area (Å²) in [5, 5.41) is 7.03. The van der Waals surface area contributed by atoms with Crippen molar-refractivity contribution in [3.8, 4) is 0 Å². The predicted molar refractivity (Wildman–Crippen MR) is 122 cm³/mol. The summed E-state index contributed by atoms with van der Waals surface area (Å²) in [5.41, 5.74) is 3.97. The Bertz CT molecular complexity index is 1050. The standard InChI is InChI=1S/C23H25N5OS/c1-16-7-5-8-17(15-16)25-20(29)11-14-28-22(19-10-6-13-27(19)2)21(26-23(28)30)18-9-3-4-12-24-18/h3-10,12-13,15,21-22H,11,14H2,1-2H3,(H,25,29)(H,26,30)/t21-,22-/m1/s1. The number of carbonyl (C=O) groups excluding carboxylic acids is 1. The van der Waals surface area contributed by atoms with E-state index in [-0.39, 0.29) is 18.0 Å². The lowest BCUT2D eigenvalue weighted by atomic mass is 10.0. The molecular formula is C23H25N5OS. The van der Waals surface area contributed by atoms with Gasteiger partial charge in [-0.15, -0.1) is 0 Å². The number of pyridine rings is 1. The van der Waals surface area contributed by atoms with Gasteiger partial charge in [-0.3, -0.25) is 9.78 Å². The molecule has 3 aromatic rings. The molecule has 2 N–H and O–H groups in total. The first-order valence-electron chi connectivity index (χ1n) is 9.99. The summed E-state index contributed by atoms with van der Waals surface area (Å²) in [6.45, 7) is 2.52.